The molecule has 1 aromatic carbocycles. The Labute approximate surface area is 97.8 Å². The number of carbonyl (C=O) groups is 1. The van der Waals surface area contributed by atoms with Crippen LogP contribution in [0, 0.1) is 0 Å². The molecule has 0 saturated carbocycles. The molecular formula is C12H13NO4. The van der Waals surface area contributed by atoms with Crippen molar-refractivity contribution >= 4 is 22.6 Å². The first-order valence-electron chi connectivity index (χ1n) is 5.28. The van der Waals surface area contributed by atoms with Crippen LogP contribution in [0.3, 0.4) is 0 Å². The number of hydrogen-bond donors (Lipinski definition) is 2. The maximum Gasteiger partial charge on any atom is 0.374 e. The van der Waals surface area contributed by atoms with Gasteiger partial charge in [-0.1, -0.05) is 0 Å². The SMILES string of the molecule is Nc1ccc2oc(C(=O)OCCCO)cc2c1. The van der Waals surface area contributed by atoms with Gasteiger partial charge >= 0.3 is 5.97 Å². The predicted molar refractivity (Wildman–Crippen MR) is 62.6 cm³/mol. The highest BCUT2D eigenvalue weighted by molar-refractivity contribution is 5.93. The molecule has 3 N–H and O–H groups in total. The maximum absolute atomic E-state index is 11.5. The number of rotatable bonds is 4. The van der Waals surface area contributed by atoms with Gasteiger partial charge in [-0.2, -0.15) is 0 Å². The first-order valence-corrected chi connectivity index (χ1v) is 5.28. The van der Waals surface area contributed by atoms with Crippen LogP contribution in [-0.2, 0) is 4.74 Å². The number of furan rings is 1. The van der Waals surface area contributed by atoms with E-state index in [1.54, 1.807) is 24.3 Å². The Morgan fingerprint density at radius 3 is 3.00 bits per heavy atom. The third-order valence-electron chi connectivity index (χ3n) is 2.28. The summed E-state index contributed by atoms with van der Waals surface area (Å²) in [5.74, 6) is -0.392. The van der Waals surface area contributed by atoms with E-state index in [0.29, 0.717) is 17.7 Å². The molecule has 0 amide bonds. The predicted octanol–water partition coefficient (Wildman–Crippen LogP) is 1.55. The molecule has 5 nitrogen and oxygen atoms in total. The van der Waals surface area contributed by atoms with E-state index in [1.165, 1.54) is 0 Å². The number of benzene rings is 1. The number of nitrogen functional groups attached to an aromatic ring is 1. The van der Waals surface area contributed by atoms with Crippen molar-refractivity contribution in [1.29, 1.82) is 0 Å². The third kappa shape index (κ3) is 2.57. The molecule has 0 fully saturated rings. The summed E-state index contributed by atoms with van der Waals surface area (Å²) in [6.07, 6.45) is 0.416. The van der Waals surface area contributed by atoms with Gasteiger partial charge in [0.2, 0.25) is 5.76 Å². The Hall–Kier alpha value is -2.01. The normalized spacial score (nSPS) is 10.6. The van der Waals surface area contributed by atoms with Gasteiger partial charge in [0.25, 0.3) is 0 Å². The molecule has 5 heteroatoms. The van der Waals surface area contributed by atoms with E-state index in [2.05, 4.69) is 0 Å². The van der Waals surface area contributed by atoms with E-state index in [0.717, 1.165) is 5.39 Å². The van der Waals surface area contributed by atoms with Gasteiger partial charge in [-0.15, -0.1) is 0 Å². The lowest BCUT2D eigenvalue weighted by molar-refractivity contribution is 0.0449. The smallest absolute Gasteiger partial charge is 0.374 e. The summed E-state index contributed by atoms with van der Waals surface area (Å²) < 4.78 is 10.2. The van der Waals surface area contributed by atoms with Gasteiger partial charge in [0.1, 0.15) is 5.58 Å². The quantitative estimate of drug-likeness (QED) is 0.477. The average Bonchev–Trinajstić information content (AvgIpc) is 2.72. The van der Waals surface area contributed by atoms with Crippen LogP contribution < -0.4 is 5.73 Å². The van der Waals surface area contributed by atoms with E-state index >= 15 is 0 Å². The molecule has 2 aromatic rings. The van der Waals surface area contributed by atoms with Crippen LogP contribution in [0.5, 0.6) is 0 Å². The van der Waals surface area contributed by atoms with Gasteiger partial charge in [-0.25, -0.2) is 4.79 Å². The van der Waals surface area contributed by atoms with Crippen molar-refractivity contribution in [2.24, 2.45) is 0 Å². The lowest BCUT2D eigenvalue weighted by Gasteiger charge is -1.99. The van der Waals surface area contributed by atoms with Crippen molar-refractivity contribution in [2.75, 3.05) is 18.9 Å². The number of ether oxygens (including phenoxy) is 1. The number of anilines is 1. The van der Waals surface area contributed by atoms with Gasteiger partial charge in [-0.3, -0.25) is 0 Å². The second kappa shape index (κ2) is 4.88. The molecule has 0 aliphatic carbocycles. The first kappa shape index (κ1) is 11.5. The fourth-order valence-electron chi connectivity index (χ4n) is 1.46. The van der Waals surface area contributed by atoms with E-state index in [-0.39, 0.29) is 19.0 Å². The molecule has 90 valence electrons. The molecule has 0 aliphatic rings. The number of nitrogens with two attached hydrogens (primary N) is 1. The van der Waals surface area contributed by atoms with Crippen LogP contribution in [0.2, 0.25) is 0 Å². The van der Waals surface area contributed by atoms with Gasteiger partial charge in [-0.05, 0) is 24.3 Å². The fourth-order valence-corrected chi connectivity index (χ4v) is 1.46. The third-order valence-corrected chi connectivity index (χ3v) is 2.28. The van der Waals surface area contributed by atoms with Crippen molar-refractivity contribution in [2.45, 2.75) is 6.42 Å². The maximum atomic E-state index is 11.5. The minimum atomic E-state index is -0.534. The number of aliphatic hydroxyl groups excluding tert-OH is 1. The van der Waals surface area contributed by atoms with Crippen molar-refractivity contribution in [1.82, 2.24) is 0 Å². The zero-order valence-electron chi connectivity index (χ0n) is 9.18. The van der Waals surface area contributed by atoms with Gasteiger partial charge in [0.05, 0.1) is 6.61 Å². The summed E-state index contributed by atoms with van der Waals surface area (Å²) in [7, 11) is 0. The molecule has 0 bridgehead atoms. The molecule has 0 radical (unpaired) electrons. The monoisotopic (exact) mass is 235 g/mol. The highest BCUT2D eigenvalue weighted by atomic mass is 16.5. The van der Waals surface area contributed by atoms with Crippen LogP contribution in [-0.4, -0.2) is 24.3 Å². The average molecular weight is 235 g/mol. The van der Waals surface area contributed by atoms with Gasteiger partial charge in [0.15, 0.2) is 0 Å². The number of fused-ring (bicyclic) bond motifs is 1. The summed E-state index contributed by atoms with van der Waals surface area (Å²) >= 11 is 0. The standard InChI is InChI=1S/C12H13NO4/c13-9-2-3-10-8(6-9)7-11(17-10)12(15)16-5-1-4-14/h2-3,6-7,14H,1,4-5,13H2. The Bertz CT molecular complexity index is 532. The molecule has 0 spiro atoms. The zero-order chi connectivity index (χ0) is 12.3. The lowest BCUT2D eigenvalue weighted by Crippen LogP contribution is -2.06. The van der Waals surface area contributed by atoms with Gasteiger partial charge < -0.3 is 20.0 Å². The Balaban J connectivity index is 2.15. The Morgan fingerprint density at radius 2 is 2.24 bits per heavy atom. The lowest BCUT2D eigenvalue weighted by atomic mass is 10.2. The second-order valence-electron chi connectivity index (χ2n) is 3.62. The number of hydrogen-bond acceptors (Lipinski definition) is 5. The topological polar surface area (TPSA) is 85.7 Å². The molecule has 0 unspecified atom stereocenters. The first-order chi connectivity index (χ1) is 8.20. The summed E-state index contributed by atoms with van der Waals surface area (Å²) in [6.45, 7) is 0.165. The minimum absolute atomic E-state index is 0.00998. The van der Waals surface area contributed by atoms with Crippen LogP contribution in [0.1, 0.15) is 17.0 Å². The highest BCUT2D eigenvalue weighted by Crippen LogP contribution is 2.22. The largest absolute Gasteiger partial charge is 0.460 e. The molecule has 0 atom stereocenters. The molecule has 0 aliphatic heterocycles. The summed E-state index contributed by atoms with van der Waals surface area (Å²) in [5, 5.41) is 9.33. The highest BCUT2D eigenvalue weighted by Gasteiger charge is 2.13. The second-order valence-corrected chi connectivity index (χ2v) is 3.62. The molecule has 17 heavy (non-hydrogen) atoms. The van der Waals surface area contributed by atoms with Crippen LogP contribution in [0.15, 0.2) is 28.7 Å². The Kier molecular flexibility index (Phi) is 3.30. The van der Waals surface area contributed by atoms with Crippen LogP contribution >= 0.6 is 0 Å². The number of carbonyl (C=O) groups excluding carboxylic acids is 1. The number of esters is 1. The molecule has 2 rings (SSSR count). The summed E-state index contributed by atoms with van der Waals surface area (Å²) in [5.41, 5.74) is 6.82. The van der Waals surface area contributed by atoms with E-state index in [9.17, 15) is 4.79 Å². The fraction of sp³-hybridized carbons (Fsp3) is 0.250. The summed E-state index contributed by atoms with van der Waals surface area (Å²) in [4.78, 5) is 11.5. The van der Waals surface area contributed by atoms with Gasteiger partial charge in [0, 0.05) is 24.1 Å². The van der Waals surface area contributed by atoms with Crippen molar-refractivity contribution in [3.05, 3.63) is 30.0 Å². The molecular weight excluding hydrogens is 222 g/mol. The van der Waals surface area contributed by atoms with Crippen LogP contribution in [0.4, 0.5) is 5.69 Å². The number of aliphatic hydroxyl groups is 1. The van der Waals surface area contributed by atoms with E-state index in [1.807, 2.05) is 0 Å². The Morgan fingerprint density at radius 1 is 1.41 bits per heavy atom. The van der Waals surface area contributed by atoms with Crippen molar-refractivity contribution in [3.63, 3.8) is 0 Å². The van der Waals surface area contributed by atoms with Crippen LogP contribution in [0.25, 0.3) is 11.0 Å². The van der Waals surface area contributed by atoms with Crippen molar-refractivity contribution < 1.29 is 19.1 Å². The molecule has 1 aromatic heterocycles. The van der Waals surface area contributed by atoms with Crippen molar-refractivity contribution in [3.8, 4) is 0 Å². The molecule has 0 saturated heterocycles. The van der Waals surface area contributed by atoms with E-state index in [4.69, 9.17) is 20.0 Å². The van der Waals surface area contributed by atoms with E-state index < -0.39 is 5.97 Å². The minimum Gasteiger partial charge on any atom is -0.460 e. The molecule has 1 heterocycles. The zero-order valence-corrected chi connectivity index (χ0v) is 9.18. The summed E-state index contributed by atoms with van der Waals surface area (Å²) in [6, 6.07) is 6.72.